The van der Waals surface area contributed by atoms with E-state index in [-0.39, 0.29) is 0 Å². The van der Waals surface area contributed by atoms with Gasteiger partial charge in [0, 0.05) is 12.6 Å². The molecule has 21 heavy (non-hydrogen) atoms. The van der Waals surface area contributed by atoms with Crippen molar-refractivity contribution in [2.75, 3.05) is 11.4 Å². The van der Waals surface area contributed by atoms with E-state index in [1.54, 1.807) is 0 Å². The van der Waals surface area contributed by atoms with E-state index in [0.29, 0.717) is 16.9 Å². The third-order valence-corrected chi connectivity index (χ3v) is 4.62. The summed E-state index contributed by atoms with van der Waals surface area (Å²) < 4.78 is 0. The van der Waals surface area contributed by atoms with Crippen LogP contribution in [0.15, 0.2) is 0 Å². The van der Waals surface area contributed by atoms with E-state index in [9.17, 15) is 0 Å². The predicted octanol–water partition coefficient (Wildman–Crippen LogP) is 2.86. The molecule has 2 rings (SSSR count). The van der Waals surface area contributed by atoms with Crippen molar-refractivity contribution in [1.29, 1.82) is 0 Å². The second kappa shape index (κ2) is 6.69. The Morgan fingerprint density at radius 1 is 1.33 bits per heavy atom. The van der Waals surface area contributed by atoms with E-state index in [0.717, 1.165) is 36.5 Å². The first kappa shape index (κ1) is 16.1. The first-order valence-corrected chi connectivity index (χ1v) is 8.36. The van der Waals surface area contributed by atoms with Crippen LogP contribution in [0.25, 0.3) is 0 Å². The largest absolute Gasteiger partial charge is 0.389 e. The lowest BCUT2D eigenvalue weighted by molar-refractivity contribution is 0.488. The average Bonchev–Trinajstić information content (AvgIpc) is 2.94. The highest BCUT2D eigenvalue weighted by molar-refractivity contribution is 7.80. The van der Waals surface area contributed by atoms with Gasteiger partial charge in [-0.25, -0.2) is 0 Å². The minimum atomic E-state index is 0.445. The molecule has 1 saturated heterocycles. The molecule has 0 aromatic carbocycles. The van der Waals surface area contributed by atoms with Gasteiger partial charge in [-0.2, -0.15) is 5.10 Å². The van der Waals surface area contributed by atoms with Gasteiger partial charge in [0.2, 0.25) is 0 Å². The molecule has 2 N–H and O–H groups in total. The third kappa shape index (κ3) is 3.03. The molecule has 1 fully saturated rings. The monoisotopic (exact) mass is 306 g/mol. The summed E-state index contributed by atoms with van der Waals surface area (Å²) in [6, 6.07) is 0.504. The smallest absolute Gasteiger partial charge is 0.162 e. The second-order valence-electron chi connectivity index (χ2n) is 6.04. The fourth-order valence-corrected chi connectivity index (χ4v) is 3.59. The van der Waals surface area contributed by atoms with Crippen LogP contribution in [0.4, 0.5) is 5.82 Å². The summed E-state index contributed by atoms with van der Waals surface area (Å²) in [4.78, 5) is 2.81. The lowest BCUT2D eigenvalue weighted by atomic mass is 9.99. The van der Waals surface area contributed by atoms with E-state index in [2.05, 4.69) is 42.8 Å². The molecule has 5 heteroatoms. The molecule has 0 amide bonds. The topological polar surface area (TPSA) is 55.0 Å². The maximum Gasteiger partial charge on any atom is 0.162 e. The molecule has 1 unspecified atom stereocenters. The molecular weight excluding hydrogens is 280 g/mol. The summed E-state index contributed by atoms with van der Waals surface area (Å²) in [6.07, 6.45) is 4.14. The Bertz CT molecular complexity index is 527. The van der Waals surface area contributed by atoms with Gasteiger partial charge in [0.15, 0.2) is 5.82 Å². The molecule has 0 spiro atoms. The van der Waals surface area contributed by atoms with Crippen LogP contribution >= 0.6 is 12.2 Å². The number of hydrogen-bond donors (Lipinski definition) is 1. The molecular formula is C16H26N4S. The molecule has 116 valence electrons. The van der Waals surface area contributed by atoms with E-state index in [1.165, 1.54) is 18.4 Å². The summed E-state index contributed by atoms with van der Waals surface area (Å²) >= 11 is 5.33. The summed E-state index contributed by atoms with van der Waals surface area (Å²) in [7, 11) is 0. The first-order valence-electron chi connectivity index (χ1n) is 7.96. The van der Waals surface area contributed by atoms with Gasteiger partial charge in [-0.05, 0) is 37.2 Å². The number of thiocarbonyl (C=S) groups is 1. The Kier molecular flexibility index (Phi) is 5.14. The minimum absolute atomic E-state index is 0.445. The van der Waals surface area contributed by atoms with Gasteiger partial charge < -0.3 is 10.6 Å². The normalized spacial score (nSPS) is 18.5. The fraction of sp³-hybridized carbons (Fsp3) is 0.688. The molecule has 0 bridgehead atoms. The highest BCUT2D eigenvalue weighted by atomic mass is 32.1. The molecule has 0 saturated carbocycles. The summed E-state index contributed by atoms with van der Waals surface area (Å²) in [5.41, 5.74) is 9.18. The molecule has 1 aliphatic rings. The Balaban J connectivity index is 2.55. The maximum atomic E-state index is 6.04. The van der Waals surface area contributed by atoms with Crippen LogP contribution < -0.4 is 10.6 Å². The number of nitrogens with two attached hydrogens (primary N) is 1. The number of hydrogen-bond acceptors (Lipinski definition) is 4. The van der Waals surface area contributed by atoms with Gasteiger partial charge in [0.05, 0.1) is 11.3 Å². The molecule has 4 nitrogen and oxygen atoms in total. The van der Waals surface area contributed by atoms with Crippen molar-refractivity contribution in [3.05, 3.63) is 16.8 Å². The Hall–Kier alpha value is -1.23. The van der Waals surface area contributed by atoms with Crippen molar-refractivity contribution in [2.45, 2.75) is 59.4 Å². The number of rotatable bonds is 5. The number of nitrogens with zero attached hydrogens (tertiary/aromatic N) is 3. The minimum Gasteiger partial charge on any atom is -0.389 e. The molecule has 1 aromatic heterocycles. The zero-order chi connectivity index (χ0) is 15.6. The molecule has 2 heterocycles. The van der Waals surface area contributed by atoms with Crippen LogP contribution in [0.3, 0.4) is 0 Å². The van der Waals surface area contributed by atoms with Gasteiger partial charge in [0.25, 0.3) is 0 Å². The summed E-state index contributed by atoms with van der Waals surface area (Å²) in [6.45, 7) is 9.77. The average molecular weight is 306 g/mol. The summed E-state index contributed by atoms with van der Waals surface area (Å²) in [5.74, 6) is 1.48. The number of aromatic nitrogens is 2. The van der Waals surface area contributed by atoms with Gasteiger partial charge in [0.1, 0.15) is 4.99 Å². The van der Waals surface area contributed by atoms with Crippen molar-refractivity contribution < 1.29 is 0 Å². The van der Waals surface area contributed by atoms with E-state index in [4.69, 9.17) is 18.0 Å². The predicted molar refractivity (Wildman–Crippen MR) is 91.9 cm³/mol. The molecule has 1 aliphatic heterocycles. The Morgan fingerprint density at radius 3 is 2.57 bits per heavy atom. The Morgan fingerprint density at radius 2 is 2.05 bits per heavy atom. The SMILES string of the molecule is CCc1nnc(N2CCCC2C(C)C)c(C(N)=S)c1CC. The van der Waals surface area contributed by atoms with Crippen LogP contribution in [0.1, 0.15) is 57.4 Å². The van der Waals surface area contributed by atoms with Crippen LogP contribution in [-0.2, 0) is 12.8 Å². The third-order valence-electron chi connectivity index (χ3n) is 4.41. The molecule has 1 atom stereocenters. The lowest BCUT2D eigenvalue weighted by Gasteiger charge is -2.30. The lowest BCUT2D eigenvalue weighted by Crippen LogP contribution is -2.36. The van der Waals surface area contributed by atoms with Crippen molar-refractivity contribution >= 4 is 23.0 Å². The van der Waals surface area contributed by atoms with Crippen LogP contribution in [0.2, 0.25) is 0 Å². The summed E-state index contributed by atoms with van der Waals surface area (Å²) in [5, 5.41) is 8.94. The van der Waals surface area contributed by atoms with Crippen molar-refractivity contribution in [3.63, 3.8) is 0 Å². The zero-order valence-electron chi connectivity index (χ0n) is 13.5. The van der Waals surface area contributed by atoms with Crippen LogP contribution in [0.5, 0.6) is 0 Å². The van der Waals surface area contributed by atoms with Gasteiger partial charge >= 0.3 is 0 Å². The van der Waals surface area contributed by atoms with Crippen LogP contribution in [-0.4, -0.2) is 27.8 Å². The van der Waals surface area contributed by atoms with Crippen molar-refractivity contribution in [3.8, 4) is 0 Å². The first-order chi connectivity index (χ1) is 10.0. The van der Waals surface area contributed by atoms with E-state index in [1.807, 2.05) is 0 Å². The highest BCUT2D eigenvalue weighted by Crippen LogP contribution is 2.32. The standard InChI is InChI=1S/C16H26N4S/c1-5-11-12(6-2)18-19-16(14(11)15(17)21)20-9-7-8-13(20)10(3)4/h10,13H,5-9H2,1-4H3,(H2,17,21). The Labute approximate surface area is 133 Å². The zero-order valence-corrected chi connectivity index (χ0v) is 14.3. The molecule has 0 aliphatic carbocycles. The van der Waals surface area contributed by atoms with Gasteiger partial charge in [-0.15, -0.1) is 5.10 Å². The second-order valence-corrected chi connectivity index (χ2v) is 6.48. The molecule has 0 radical (unpaired) electrons. The van der Waals surface area contributed by atoms with Crippen LogP contribution in [0, 0.1) is 5.92 Å². The highest BCUT2D eigenvalue weighted by Gasteiger charge is 2.31. The van der Waals surface area contributed by atoms with Gasteiger partial charge in [-0.1, -0.05) is 39.9 Å². The number of aryl methyl sites for hydroxylation is 1. The van der Waals surface area contributed by atoms with E-state index < -0.39 is 0 Å². The van der Waals surface area contributed by atoms with Gasteiger partial charge in [-0.3, -0.25) is 0 Å². The van der Waals surface area contributed by atoms with Crippen molar-refractivity contribution in [1.82, 2.24) is 10.2 Å². The maximum absolute atomic E-state index is 6.04. The number of anilines is 1. The quantitative estimate of drug-likeness (QED) is 0.848. The molecule has 1 aromatic rings. The van der Waals surface area contributed by atoms with E-state index >= 15 is 0 Å². The van der Waals surface area contributed by atoms with Crippen molar-refractivity contribution in [2.24, 2.45) is 11.7 Å². The fourth-order valence-electron chi connectivity index (χ4n) is 3.37.